The standard InChI is InChI=1S/C19H36FN3/c1-16(2,3)22-9-7-19(20,8-10-22)15-21-11-18(12-21)13-23(14-18)17(4,5)6/h7-15H2,1-6H3. The number of hydrogen-bond acceptors (Lipinski definition) is 3. The Bertz CT molecular complexity index is 427. The molecule has 3 aliphatic rings. The summed E-state index contributed by atoms with van der Waals surface area (Å²) in [5.41, 5.74) is -0.0240. The second-order valence-corrected chi connectivity index (χ2v) is 10.5. The van der Waals surface area contributed by atoms with Crippen LogP contribution < -0.4 is 0 Å². The van der Waals surface area contributed by atoms with E-state index in [2.05, 4.69) is 56.2 Å². The molecule has 0 atom stereocenters. The molecule has 0 bridgehead atoms. The summed E-state index contributed by atoms with van der Waals surface area (Å²) in [5.74, 6) is 0. The van der Waals surface area contributed by atoms with Gasteiger partial charge in [-0.05, 0) is 54.4 Å². The lowest BCUT2D eigenvalue weighted by molar-refractivity contribution is -0.157. The molecule has 134 valence electrons. The van der Waals surface area contributed by atoms with Gasteiger partial charge in [0.2, 0.25) is 0 Å². The Morgan fingerprint density at radius 3 is 1.70 bits per heavy atom. The molecule has 0 aromatic heterocycles. The van der Waals surface area contributed by atoms with E-state index in [1.54, 1.807) is 0 Å². The highest BCUT2D eigenvalue weighted by molar-refractivity contribution is 5.09. The molecule has 3 heterocycles. The van der Waals surface area contributed by atoms with Crippen LogP contribution >= 0.6 is 0 Å². The predicted octanol–water partition coefficient (Wildman–Crippen LogP) is 3.01. The quantitative estimate of drug-likeness (QED) is 0.773. The average Bonchev–Trinajstić information content (AvgIpc) is 2.28. The Morgan fingerprint density at radius 1 is 0.783 bits per heavy atom. The molecule has 23 heavy (non-hydrogen) atoms. The van der Waals surface area contributed by atoms with Gasteiger partial charge in [-0.25, -0.2) is 4.39 Å². The lowest BCUT2D eigenvalue weighted by Crippen LogP contribution is -2.75. The van der Waals surface area contributed by atoms with Crippen LogP contribution in [0.15, 0.2) is 0 Å². The fourth-order valence-corrected chi connectivity index (χ4v) is 4.59. The van der Waals surface area contributed by atoms with Crippen LogP contribution in [0.4, 0.5) is 4.39 Å². The molecule has 0 unspecified atom stereocenters. The summed E-state index contributed by atoms with van der Waals surface area (Å²) >= 11 is 0. The molecular formula is C19H36FN3. The molecule has 1 spiro atoms. The van der Waals surface area contributed by atoms with E-state index in [1.807, 2.05) is 0 Å². The Balaban J connectivity index is 1.43. The molecule has 0 saturated carbocycles. The molecule has 3 saturated heterocycles. The first kappa shape index (κ1) is 17.6. The first-order valence-electron chi connectivity index (χ1n) is 9.32. The van der Waals surface area contributed by atoms with Gasteiger partial charge >= 0.3 is 0 Å². The summed E-state index contributed by atoms with van der Waals surface area (Å²) in [5, 5.41) is 0. The number of halogens is 1. The van der Waals surface area contributed by atoms with E-state index in [0.717, 1.165) is 26.2 Å². The third-order valence-corrected chi connectivity index (χ3v) is 6.23. The number of nitrogens with zero attached hydrogens (tertiary/aromatic N) is 3. The van der Waals surface area contributed by atoms with Crippen molar-refractivity contribution in [3.05, 3.63) is 0 Å². The smallest absolute Gasteiger partial charge is 0.126 e. The molecule has 0 aromatic carbocycles. The van der Waals surface area contributed by atoms with Gasteiger partial charge in [-0.1, -0.05) is 0 Å². The first-order chi connectivity index (χ1) is 10.4. The fraction of sp³-hybridized carbons (Fsp3) is 1.00. The third-order valence-electron chi connectivity index (χ3n) is 6.23. The van der Waals surface area contributed by atoms with Gasteiger partial charge in [0.1, 0.15) is 5.67 Å². The largest absolute Gasteiger partial charge is 0.299 e. The van der Waals surface area contributed by atoms with Gasteiger partial charge in [-0.15, -0.1) is 0 Å². The summed E-state index contributed by atoms with van der Waals surface area (Å²) in [4.78, 5) is 7.35. The highest BCUT2D eigenvalue weighted by Crippen LogP contribution is 2.44. The molecule has 0 aromatic rings. The molecule has 3 nitrogen and oxygen atoms in total. The Kier molecular flexibility index (Phi) is 4.14. The highest BCUT2D eigenvalue weighted by Gasteiger charge is 2.55. The summed E-state index contributed by atoms with van der Waals surface area (Å²) < 4.78 is 15.2. The molecule has 3 fully saturated rings. The number of hydrogen-bond donors (Lipinski definition) is 0. The molecular weight excluding hydrogens is 289 g/mol. The van der Waals surface area contributed by atoms with E-state index in [1.165, 1.54) is 13.1 Å². The minimum atomic E-state index is -0.961. The van der Waals surface area contributed by atoms with Crippen molar-refractivity contribution in [1.82, 2.24) is 14.7 Å². The summed E-state index contributed by atoms with van der Waals surface area (Å²) in [6.45, 7) is 20.6. The second-order valence-electron chi connectivity index (χ2n) is 10.5. The van der Waals surface area contributed by atoms with Crippen molar-refractivity contribution in [3.8, 4) is 0 Å². The number of rotatable bonds is 2. The average molecular weight is 326 g/mol. The van der Waals surface area contributed by atoms with Crippen molar-refractivity contribution in [2.75, 3.05) is 45.8 Å². The van der Waals surface area contributed by atoms with Crippen LogP contribution in [-0.4, -0.2) is 77.3 Å². The molecule has 0 radical (unpaired) electrons. The lowest BCUT2D eigenvalue weighted by Gasteiger charge is -2.64. The van der Waals surface area contributed by atoms with Gasteiger partial charge < -0.3 is 0 Å². The van der Waals surface area contributed by atoms with Crippen molar-refractivity contribution in [2.24, 2.45) is 5.41 Å². The van der Waals surface area contributed by atoms with Crippen molar-refractivity contribution in [3.63, 3.8) is 0 Å². The van der Waals surface area contributed by atoms with Crippen molar-refractivity contribution in [1.29, 1.82) is 0 Å². The van der Waals surface area contributed by atoms with Crippen LogP contribution in [0.1, 0.15) is 54.4 Å². The van der Waals surface area contributed by atoms with Gasteiger partial charge in [-0.2, -0.15) is 0 Å². The summed E-state index contributed by atoms with van der Waals surface area (Å²) in [7, 11) is 0. The number of piperidine rings is 1. The van der Waals surface area contributed by atoms with Crippen molar-refractivity contribution >= 4 is 0 Å². The zero-order valence-corrected chi connectivity index (χ0v) is 16.1. The Morgan fingerprint density at radius 2 is 1.26 bits per heavy atom. The van der Waals surface area contributed by atoms with Gasteiger partial charge in [0.25, 0.3) is 0 Å². The van der Waals surface area contributed by atoms with Crippen LogP contribution in [0, 0.1) is 5.41 Å². The maximum absolute atomic E-state index is 15.2. The normalized spacial score (nSPS) is 29.3. The number of alkyl halides is 1. The van der Waals surface area contributed by atoms with Gasteiger partial charge in [0.05, 0.1) is 0 Å². The van der Waals surface area contributed by atoms with E-state index in [0.29, 0.717) is 24.8 Å². The van der Waals surface area contributed by atoms with E-state index in [9.17, 15) is 0 Å². The Hall–Kier alpha value is -0.190. The minimum Gasteiger partial charge on any atom is -0.299 e. The van der Waals surface area contributed by atoms with Crippen molar-refractivity contribution in [2.45, 2.75) is 71.1 Å². The van der Waals surface area contributed by atoms with Crippen LogP contribution in [0.2, 0.25) is 0 Å². The maximum atomic E-state index is 15.2. The van der Waals surface area contributed by atoms with E-state index < -0.39 is 5.67 Å². The molecule has 0 aliphatic carbocycles. The summed E-state index contributed by atoms with van der Waals surface area (Å²) in [6.07, 6.45) is 1.39. The topological polar surface area (TPSA) is 9.72 Å². The monoisotopic (exact) mass is 325 g/mol. The first-order valence-corrected chi connectivity index (χ1v) is 9.32. The van der Waals surface area contributed by atoms with E-state index in [-0.39, 0.29) is 11.1 Å². The van der Waals surface area contributed by atoms with Crippen LogP contribution in [-0.2, 0) is 0 Å². The Labute approximate surface area is 142 Å². The minimum absolute atomic E-state index is 0.171. The van der Waals surface area contributed by atoms with E-state index in [4.69, 9.17) is 0 Å². The van der Waals surface area contributed by atoms with E-state index >= 15 is 4.39 Å². The zero-order valence-electron chi connectivity index (χ0n) is 16.1. The third kappa shape index (κ3) is 3.59. The number of likely N-dealkylation sites (tertiary alicyclic amines) is 3. The maximum Gasteiger partial charge on any atom is 0.126 e. The molecule has 3 aliphatic heterocycles. The van der Waals surface area contributed by atoms with Gasteiger partial charge in [-0.3, -0.25) is 14.7 Å². The lowest BCUT2D eigenvalue weighted by atomic mass is 9.70. The highest BCUT2D eigenvalue weighted by atomic mass is 19.1. The van der Waals surface area contributed by atoms with Gasteiger partial charge in [0.15, 0.2) is 0 Å². The fourth-order valence-electron chi connectivity index (χ4n) is 4.59. The van der Waals surface area contributed by atoms with Crippen molar-refractivity contribution < 1.29 is 4.39 Å². The van der Waals surface area contributed by atoms with Crippen LogP contribution in [0.5, 0.6) is 0 Å². The van der Waals surface area contributed by atoms with Crippen LogP contribution in [0.3, 0.4) is 0 Å². The van der Waals surface area contributed by atoms with Gasteiger partial charge in [0, 0.05) is 62.3 Å². The summed E-state index contributed by atoms with van der Waals surface area (Å²) in [6, 6.07) is 0. The molecule has 0 N–H and O–H groups in total. The second kappa shape index (κ2) is 5.40. The SMILES string of the molecule is CC(C)(C)N1CCC(F)(CN2CC3(C2)CN(C(C)(C)C)C3)CC1. The van der Waals surface area contributed by atoms with Crippen LogP contribution in [0.25, 0.3) is 0 Å². The molecule has 4 heteroatoms. The molecule has 3 rings (SSSR count). The molecule has 0 amide bonds. The zero-order chi connectivity index (χ0) is 17.1. The predicted molar refractivity (Wildman–Crippen MR) is 94.6 cm³/mol.